The van der Waals surface area contributed by atoms with Crippen molar-refractivity contribution in [2.45, 2.75) is 23.9 Å². The van der Waals surface area contributed by atoms with Crippen molar-refractivity contribution in [3.63, 3.8) is 0 Å². The predicted octanol–water partition coefficient (Wildman–Crippen LogP) is 4.19. The zero-order chi connectivity index (χ0) is 19.2. The van der Waals surface area contributed by atoms with E-state index in [0.29, 0.717) is 5.16 Å². The lowest BCUT2D eigenvalue weighted by atomic mass is 10.1. The maximum Gasteiger partial charge on any atom is 0.234 e. The first-order valence-corrected chi connectivity index (χ1v) is 9.94. The Morgan fingerprint density at radius 1 is 1.22 bits per heavy atom. The van der Waals surface area contributed by atoms with Crippen LogP contribution in [0.4, 0.5) is 5.69 Å². The number of nitrogens with one attached hydrogen (secondary N) is 1. The number of para-hydroxylation sites is 1. The van der Waals surface area contributed by atoms with Gasteiger partial charge in [0.2, 0.25) is 5.91 Å². The number of aryl methyl sites for hydroxylation is 2. The van der Waals surface area contributed by atoms with Crippen LogP contribution in [0, 0.1) is 24.5 Å². The second kappa shape index (κ2) is 8.75. The number of nitrogens with zero attached hydrogens (tertiary/aromatic N) is 4. The molecular formula is C19H17N5OS2. The number of hydrogen-bond acceptors (Lipinski definition) is 6. The van der Waals surface area contributed by atoms with E-state index in [4.69, 9.17) is 5.26 Å². The quantitative estimate of drug-likeness (QED) is 0.498. The number of anilines is 1. The van der Waals surface area contributed by atoms with Crippen molar-refractivity contribution in [3.05, 3.63) is 59.9 Å². The minimum Gasteiger partial charge on any atom is -0.325 e. The number of hydrogen-bond donors (Lipinski definition) is 1. The number of rotatable bonds is 6. The van der Waals surface area contributed by atoms with Crippen LogP contribution in [-0.4, -0.2) is 26.4 Å². The lowest BCUT2D eigenvalue weighted by molar-refractivity contribution is -0.113. The van der Waals surface area contributed by atoms with Gasteiger partial charge in [0, 0.05) is 16.3 Å². The number of thiocyanates is 1. The predicted molar refractivity (Wildman–Crippen MR) is 108 cm³/mol. The molecule has 1 aromatic heterocycles. The Morgan fingerprint density at radius 3 is 2.59 bits per heavy atom. The summed E-state index contributed by atoms with van der Waals surface area (Å²) in [5.74, 6) is 0.105. The molecule has 1 heterocycles. The van der Waals surface area contributed by atoms with Crippen molar-refractivity contribution in [1.29, 1.82) is 5.26 Å². The molecule has 0 aliphatic rings. The fourth-order valence-corrected chi connectivity index (χ4v) is 3.93. The van der Waals surface area contributed by atoms with Crippen molar-refractivity contribution in [1.82, 2.24) is 14.8 Å². The molecule has 6 nitrogen and oxygen atoms in total. The van der Waals surface area contributed by atoms with E-state index in [1.54, 1.807) is 6.33 Å². The summed E-state index contributed by atoms with van der Waals surface area (Å²) in [6.07, 6.45) is 1.63. The highest BCUT2D eigenvalue weighted by atomic mass is 32.2. The molecular weight excluding hydrogens is 378 g/mol. The van der Waals surface area contributed by atoms with Gasteiger partial charge in [0.1, 0.15) is 11.7 Å². The molecule has 0 fully saturated rings. The molecule has 0 radical (unpaired) electrons. The van der Waals surface area contributed by atoms with Crippen LogP contribution in [-0.2, 0) is 4.79 Å². The lowest BCUT2D eigenvalue weighted by Gasteiger charge is -2.13. The van der Waals surface area contributed by atoms with Gasteiger partial charge in [0.25, 0.3) is 0 Å². The van der Waals surface area contributed by atoms with E-state index in [1.165, 1.54) is 11.8 Å². The van der Waals surface area contributed by atoms with Gasteiger partial charge in [-0.2, -0.15) is 5.26 Å². The van der Waals surface area contributed by atoms with Crippen molar-refractivity contribution in [2.75, 3.05) is 11.1 Å². The van der Waals surface area contributed by atoms with Crippen LogP contribution < -0.4 is 5.32 Å². The van der Waals surface area contributed by atoms with Crippen LogP contribution in [0.5, 0.6) is 0 Å². The topological polar surface area (TPSA) is 83.6 Å². The molecule has 0 aliphatic heterocycles. The third-order valence-electron chi connectivity index (χ3n) is 3.82. The van der Waals surface area contributed by atoms with Gasteiger partial charge in [-0.15, -0.1) is 10.2 Å². The number of thioether (sulfide) groups is 2. The number of benzene rings is 2. The molecule has 0 atom stereocenters. The Labute approximate surface area is 166 Å². The Balaban J connectivity index is 1.67. The molecule has 2 aromatic carbocycles. The number of aromatic nitrogens is 3. The van der Waals surface area contributed by atoms with Gasteiger partial charge in [0.15, 0.2) is 5.16 Å². The summed E-state index contributed by atoms with van der Waals surface area (Å²) in [6, 6.07) is 13.5. The Kier molecular flexibility index (Phi) is 6.16. The molecule has 0 bridgehead atoms. The minimum absolute atomic E-state index is 0.116. The second-order valence-electron chi connectivity index (χ2n) is 5.78. The van der Waals surface area contributed by atoms with Crippen LogP contribution in [0.3, 0.4) is 0 Å². The third kappa shape index (κ3) is 4.70. The molecule has 0 saturated heterocycles. The van der Waals surface area contributed by atoms with Crippen LogP contribution in [0.25, 0.3) is 5.69 Å². The number of nitriles is 1. The smallest absolute Gasteiger partial charge is 0.234 e. The highest BCUT2D eigenvalue weighted by Crippen LogP contribution is 2.28. The Bertz CT molecular complexity index is 972. The van der Waals surface area contributed by atoms with Gasteiger partial charge in [0.05, 0.1) is 5.75 Å². The number of amides is 1. The summed E-state index contributed by atoms with van der Waals surface area (Å²) in [7, 11) is 0. The van der Waals surface area contributed by atoms with E-state index in [1.807, 2.05) is 60.9 Å². The Hall–Kier alpha value is -2.76. The second-order valence-corrected chi connectivity index (χ2v) is 7.58. The van der Waals surface area contributed by atoms with Gasteiger partial charge >= 0.3 is 0 Å². The fraction of sp³-hybridized carbons (Fsp3) is 0.158. The van der Waals surface area contributed by atoms with Gasteiger partial charge in [-0.3, -0.25) is 9.36 Å². The van der Waals surface area contributed by atoms with Crippen LogP contribution in [0.15, 0.2) is 58.8 Å². The monoisotopic (exact) mass is 395 g/mol. The molecule has 3 rings (SSSR count). The van der Waals surface area contributed by atoms with E-state index in [0.717, 1.165) is 39.2 Å². The summed E-state index contributed by atoms with van der Waals surface area (Å²) in [5.41, 5.74) is 3.59. The molecule has 3 aromatic rings. The lowest BCUT2D eigenvalue weighted by Crippen LogP contribution is -2.16. The number of carbonyl (C=O) groups is 1. The van der Waals surface area contributed by atoms with E-state index in [9.17, 15) is 4.79 Å². The van der Waals surface area contributed by atoms with E-state index >= 15 is 0 Å². The highest BCUT2D eigenvalue weighted by Gasteiger charge is 2.13. The van der Waals surface area contributed by atoms with Crippen molar-refractivity contribution < 1.29 is 4.79 Å². The summed E-state index contributed by atoms with van der Waals surface area (Å²) < 4.78 is 1.85. The van der Waals surface area contributed by atoms with Crippen LogP contribution >= 0.6 is 23.5 Å². The van der Waals surface area contributed by atoms with Gasteiger partial charge < -0.3 is 5.32 Å². The third-order valence-corrected chi connectivity index (χ3v) is 5.32. The summed E-state index contributed by atoms with van der Waals surface area (Å²) >= 11 is 2.44. The van der Waals surface area contributed by atoms with Crippen LogP contribution in [0.2, 0.25) is 0 Å². The summed E-state index contributed by atoms with van der Waals surface area (Å²) in [6.45, 7) is 3.84. The minimum atomic E-state index is -0.116. The summed E-state index contributed by atoms with van der Waals surface area (Å²) in [4.78, 5) is 13.3. The first kappa shape index (κ1) is 19.0. The zero-order valence-electron chi connectivity index (χ0n) is 14.8. The molecule has 0 spiro atoms. The Morgan fingerprint density at radius 2 is 1.93 bits per heavy atom. The summed E-state index contributed by atoms with van der Waals surface area (Å²) in [5, 5.41) is 22.5. The average molecular weight is 396 g/mol. The van der Waals surface area contributed by atoms with Crippen molar-refractivity contribution in [2.24, 2.45) is 0 Å². The van der Waals surface area contributed by atoms with Crippen LogP contribution in [0.1, 0.15) is 11.1 Å². The van der Waals surface area contributed by atoms with Crippen molar-refractivity contribution in [3.8, 4) is 11.1 Å². The van der Waals surface area contributed by atoms with E-state index in [2.05, 4.69) is 20.9 Å². The first-order valence-electron chi connectivity index (χ1n) is 8.13. The molecule has 0 aliphatic carbocycles. The SMILES string of the molecule is Cc1cc(SC#N)cc(C)c1NC(=O)CSc1nncn1-c1ccccc1. The van der Waals surface area contributed by atoms with Gasteiger partial charge in [-0.05, 0) is 61.0 Å². The van der Waals surface area contributed by atoms with Gasteiger partial charge in [-0.1, -0.05) is 30.0 Å². The van der Waals surface area contributed by atoms with E-state index < -0.39 is 0 Å². The van der Waals surface area contributed by atoms with E-state index in [-0.39, 0.29) is 11.7 Å². The molecule has 136 valence electrons. The zero-order valence-corrected chi connectivity index (χ0v) is 16.5. The molecule has 0 saturated carbocycles. The highest BCUT2D eigenvalue weighted by molar-refractivity contribution is 8.03. The molecule has 0 unspecified atom stereocenters. The standard InChI is InChI=1S/C19H17N5OS2/c1-13-8-16(27-11-20)9-14(2)18(13)22-17(25)10-26-19-23-21-12-24(19)15-6-4-3-5-7-15/h3-9,12H,10H2,1-2H3,(H,22,25). The molecule has 1 N–H and O–H groups in total. The van der Waals surface area contributed by atoms with Crippen molar-refractivity contribution >= 4 is 35.1 Å². The molecule has 1 amide bonds. The number of carbonyl (C=O) groups excluding carboxylic acids is 1. The molecule has 8 heteroatoms. The fourth-order valence-electron chi connectivity index (χ4n) is 2.63. The average Bonchev–Trinajstić information content (AvgIpc) is 3.13. The first-order chi connectivity index (χ1) is 13.1. The van der Waals surface area contributed by atoms with Gasteiger partial charge in [-0.25, -0.2) is 0 Å². The maximum absolute atomic E-state index is 12.4. The molecule has 27 heavy (non-hydrogen) atoms. The normalized spacial score (nSPS) is 10.4. The largest absolute Gasteiger partial charge is 0.325 e. The maximum atomic E-state index is 12.4.